The number of H-pyrrole nitrogens is 2. The number of benzene rings is 2. The third-order valence-corrected chi connectivity index (χ3v) is 7.39. The number of carbonyl (C=O) groups excluding carboxylic acids is 2. The highest BCUT2D eigenvalue weighted by atomic mass is 16.6. The van der Waals surface area contributed by atoms with Crippen LogP contribution < -0.4 is 10.6 Å². The van der Waals surface area contributed by atoms with Crippen LogP contribution in [0.3, 0.4) is 0 Å². The number of aliphatic hydroxyl groups is 2. The minimum Gasteiger partial charge on any atom is -0.366 e. The molecule has 2 aromatic carbocycles. The highest BCUT2D eigenvalue weighted by Crippen LogP contribution is 2.29. The van der Waals surface area contributed by atoms with E-state index in [1.54, 1.807) is 12.4 Å². The van der Waals surface area contributed by atoms with Crippen molar-refractivity contribution < 1.29 is 29.3 Å². The summed E-state index contributed by atoms with van der Waals surface area (Å²) in [5, 5.41) is 26.1. The van der Waals surface area contributed by atoms with Gasteiger partial charge in [0.1, 0.15) is 30.1 Å². The minimum absolute atomic E-state index is 0.0678. The summed E-state index contributed by atoms with van der Waals surface area (Å²) in [5.74, 6) is -1.06. The molecule has 0 spiro atoms. The lowest BCUT2D eigenvalue weighted by Crippen LogP contribution is -2.44. The maximum absolute atomic E-state index is 12.8. The van der Waals surface area contributed by atoms with Gasteiger partial charge in [-0.2, -0.15) is 0 Å². The Hall–Kier alpha value is -4.20. The van der Waals surface area contributed by atoms with Gasteiger partial charge < -0.3 is 45.1 Å². The quantitative estimate of drug-likeness (QED) is 0.0587. The zero-order valence-electron chi connectivity index (χ0n) is 31.4. The highest BCUT2D eigenvalue weighted by molar-refractivity contribution is 5.81. The summed E-state index contributed by atoms with van der Waals surface area (Å²) in [7, 11) is 1.97. The Labute approximate surface area is 301 Å². The standard InChI is InChI=1S/C34H43N5O6.C5H13N/c1-21(2)18-37-32(41)29(45-34(5,6)43)17-30-35-19-26(38-30)24-11-7-22(8-12-24)23-9-13-25(14-10-23)27-20-36-31(39-27)28(15-16-40)44-33(3,4)42;1-5(2)4-6-3/h7-14,16,19-21,28-29,42-43H,15,17-18H2,1-6H3,(H,35,38)(H,36,39)(H,37,41);5-6H,4H2,1-3H3. The van der Waals surface area contributed by atoms with E-state index in [-0.39, 0.29) is 24.7 Å². The number of aldehydes is 1. The molecule has 4 rings (SSSR count). The van der Waals surface area contributed by atoms with E-state index in [0.717, 1.165) is 52.4 Å². The lowest BCUT2D eigenvalue weighted by atomic mass is 10.0. The Bertz CT molecular complexity index is 1630. The summed E-state index contributed by atoms with van der Waals surface area (Å²) in [6, 6.07) is 16.0. The zero-order valence-corrected chi connectivity index (χ0v) is 31.4. The average molecular weight is 705 g/mol. The van der Waals surface area contributed by atoms with Gasteiger partial charge in [-0.3, -0.25) is 4.79 Å². The van der Waals surface area contributed by atoms with Gasteiger partial charge in [0.05, 0.1) is 23.8 Å². The van der Waals surface area contributed by atoms with Gasteiger partial charge in [-0.1, -0.05) is 76.2 Å². The molecule has 0 bridgehead atoms. The lowest BCUT2D eigenvalue weighted by molar-refractivity contribution is -0.209. The molecule has 0 saturated heterocycles. The molecule has 2 unspecified atom stereocenters. The Balaban J connectivity index is 0.00000107. The van der Waals surface area contributed by atoms with Crippen LogP contribution in [-0.2, 0) is 25.5 Å². The van der Waals surface area contributed by atoms with Gasteiger partial charge in [0.15, 0.2) is 11.6 Å². The number of ether oxygens (including phenoxy) is 2. The van der Waals surface area contributed by atoms with E-state index in [0.29, 0.717) is 18.2 Å². The largest absolute Gasteiger partial charge is 0.366 e. The summed E-state index contributed by atoms with van der Waals surface area (Å²) < 4.78 is 11.2. The molecular formula is C39H56N6O6. The SMILES string of the molecule is CC(C)CNC(=O)C(Cc1ncc(-c2ccc(-c3ccc(-c4cnc(C(CC=O)OC(C)(C)O)[nH]4)cc3)cc2)[nH]1)OC(C)(C)O.CNCC(C)C. The second-order valence-corrected chi connectivity index (χ2v) is 14.4. The number of hydrogen-bond donors (Lipinski definition) is 6. The first kappa shape index (κ1) is 41.2. The molecule has 0 aliphatic carbocycles. The van der Waals surface area contributed by atoms with Gasteiger partial charge >= 0.3 is 0 Å². The normalized spacial score (nSPS) is 13.1. The molecule has 0 aliphatic rings. The van der Waals surface area contributed by atoms with Crippen LogP contribution in [0.4, 0.5) is 0 Å². The van der Waals surface area contributed by atoms with Crippen molar-refractivity contribution in [1.82, 2.24) is 30.6 Å². The van der Waals surface area contributed by atoms with Gasteiger partial charge in [-0.25, -0.2) is 9.97 Å². The summed E-state index contributed by atoms with van der Waals surface area (Å²) in [4.78, 5) is 39.2. The van der Waals surface area contributed by atoms with Crippen molar-refractivity contribution in [3.8, 4) is 33.6 Å². The van der Waals surface area contributed by atoms with E-state index in [1.807, 2.05) is 69.4 Å². The van der Waals surface area contributed by atoms with Crippen molar-refractivity contribution in [2.24, 2.45) is 11.8 Å². The molecule has 12 heteroatoms. The van der Waals surface area contributed by atoms with Gasteiger partial charge in [0.2, 0.25) is 5.91 Å². The van der Waals surface area contributed by atoms with Crippen molar-refractivity contribution in [3.05, 3.63) is 72.6 Å². The molecule has 2 aromatic heterocycles. The first-order valence-electron chi connectivity index (χ1n) is 17.4. The lowest BCUT2D eigenvalue weighted by Gasteiger charge is -2.25. The number of carbonyl (C=O) groups is 2. The van der Waals surface area contributed by atoms with E-state index in [1.165, 1.54) is 27.7 Å². The van der Waals surface area contributed by atoms with Crippen LogP contribution in [0, 0.1) is 11.8 Å². The van der Waals surface area contributed by atoms with Crippen LogP contribution in [0.1, 0.15) is 79.6 Å². The van der Waals surface area contributed by atoms with E-state index in [2.05, 4.69) is 44.4 Å². The van der Waals surface area contributed by atoms with Crippen LogP contribution in [-0.4, -0.2) is 80.2 Å². The van der Waals surface area contributed by atoms with Crippen molar-refractivity contribution in [2.75, 3.05) is 20.1 Å². The molecular weight excluding hydrogens is 648 g/mol. The van der Waals surface area contributed by atoms with Crippen LogP contribution in [0.15, 0.2) is 60.9 Å². The second-order valence-electron chi connectivity index (χ2n) is 14.4. The molecule has 2 atom stereocenters. The molecule has 0 fully saturated rings. The Morgan fingerprint density at radius 2 is 1.27 bits per heavy atom. The van der Waals surface area contributed by atoms with Gasteiger partial charge in [0.25, 0.3) is 0 Å². The summed E-state index contributed by atoms with van der Waals surface area (Å²) in [5.41, 5.74) is 5.47. The number of aromatic amines is 2. The number of hydrogen-bond acceptors (Lipinski definition) is 9. The predicted molar refractivity (Wildman–Crippen MR) is 199 cm³/mol. The Morgan fingerprint density at radius 3 is 1.73 bits per heavy atom. The molecule has 278 valence electrons. The van der Waals surface area contributed by atoms with Crippen molar-refractivity contribution in [2.45, 2.75) is 92.0 Å². The number of rotatable bonds is 17. The third-order valence-electron chi connectivity index (χ3n) is 7.39. The molecule has 12 nitrogen and oxygen atoms in total. The topological polar surface area (TPSA) is 174 Å². The first-order valence-corrected chi connectivity index (χ1v) is 17.4. The molecule has 0 radical (unpaired) electrons. The second kappa shape index (κ2) is 18.9. The smallest absolute Gasteiger partial charge is 0.249 e. The average Bonchev–Trinajstić information content (AvgIpc) is 3.73. The fourth-order valence-electron chi connectivity index (χ4n) is 5.13. The van der Waals surface area contributed by atoms with E-state index in [4.69, 9.17) is 9.47 Å². The Morgan fingerprint density at radius 1 is 0.784 bits per heavy atom. The predicted octanol–water partition coefficient (Wildman–Crippen LogP) is 5.80. The van der Waals surface area contributed by atoms with Crippen LogP contribution in [0.5, 0.6) is 0 Å². The van der Waals surface area contributed by atoms with E-state index < -0.39 is 23.8 Å². The number of imidazole rings is 2. The molecule has 6 N–H and O–H groups in total. The van der Waals surface area contributed by atoms with Gasteiger partial charge in [-0.05, 0) is 75.4 Å². The molecule has 2 heterocycles. The minimum atomic E-state index is -1.47. The maximum Gasteiger partial charge on any atom is 0.249 e. The van der Waals surface area contributed by atoms with Crippen LogP contribution in [0.25, 0.3) is 33.6 Å². The number of aromatic nitrogens is 4. The first-order chi connectivity index (χ1) is 24.0. The monoisotopic (exact) mass is 704 g/mol. The van der Waals surface area contributed by atoms with Crippen LogP contribution >= 0.6 is 0 Å². The molecule has 1 amide bonds. The maximum atomic E-state index is 12.8. The molecule has 0 saturated carbocycles. The number of nitrogens with zero attached hydrogens (tertiary/aromatic N) is 2. The summed E-state index contributed by atoms with van der Waals surface area (Å²) in [6.45, 7) is 16.0. The third kappa shape index (κ3) is 14.2. The van der Waals surface area contributed by atoms with Crippen molar-refractivity contribution in [1.29, 1.82) is 0 Å². The Kier molecular flexibility index (Phi) is 15.3. The van der Waals surface area contributed by atoms with Gasteiger partial charge in [0, 0.05) is 19.4 Å². The van der Waals surface area contributed by atoms with E-state index in [9.17, 15) is 19.8 Å². The van der Waals surface area contributed by atoms with E-state index >= 15 is 0 Å². The van der Waals surface area contributed by atoms with Crippen molar-refractivity contribution >= 4 is 12.2 Å². The fraction of sp³-hybridized carbons (Fsp3) is 0.487. The van der Waals surface area contributed by atoms with Gasteiger partial charge in [-0.15, -0.1) is 0 Å². The highest BCUT2D eigenvalue weighted by Gasteiger charge is 2.28. The fourth-order valence-corrected chi connectivity index (χ4v) is 5.13. The summed E-state index contributed by atoms with van der Waals surface area (Å²) >= 11 is 0. The molecule has 51 heavy (non-hydrogen) atoms. The van der Waals surface area contributed by atoms with Crippen LogP contribution in [0.2, 0.25) is 0 Å². The van der Waals surface area contributed by atoms with Crippen molar-refractivity contribution in [3.63, 3.8) is 0 Å². The summed E-state index contributed by atoms with van der Waals surface area (Å²) in [6.07, 6.45) is 2.80. The number of nitrogens with one attached hydrogen (secondary N) is 4. The number of amides is 1. The zero-order chi connectivity index (χ0) is 37.8. The molecule has 0 aliphatic heterocycles. The molecule has 4 aromatic rings.